The summed E-state index contributed by atoms with van der Waals surface area (Å²) in [4.78, 5) is 22.7. The molecular formula is C10H17ClN2O3. The summed E-state index contributed by atoms with van der Waals surface area (Å²) in [5.41, 5.74) is -0.307. The number of amides is 3. The molecule has 1 heterocycles. The molecule has 3 amide bonds. The van der Waals surface area contributed by atoms with Gasteiger partial charge in [-0.1, -0.05) is 0 Å². The molecule has 0 aromatic rings. The fourth-order valence-corrected chi connectivity index (χ4v) is 1.52. The topological polar surface area (TPSA) is 67.4 Å². The molecule has 1 unspecified atom stereocenters. The maximum atomic E-state index is 11.5. The SMILES string of the molecule is CC(Cl)C(=O)NC(=O)NC1(C)CCOCC1. The summed E-state index contributed by atoms with van der Waals surface area (Å²) >= 11 is 5.54. The number of hydrogen-bond donors (Lipinski definition) is 2. The third-order valence-electron chi connectivity index (χ3n) is 2.61. The highest BCUT2D eigenvalue weighted by molar-refractivity contribution is 6.31. The summed E-state index contributed by atoms with van der Waals surface area (Å²) in [5.74, 6) is -0.491. The Morgan fingerprint density at radius 3 is 2.44 bits per heavy atom. The summed E-state index contributed by atoms with van der Waals surface area (Å²) < 4.78 is 5.21. The van der Waals surface area contributed by atoms with Crippen molar-refractivity contribution in [3.8, 4) is 0 Å². The molecule has 16 heavy (non-hydrogen) atoms. The number of alkyl halides is 1. The van der Waals surface area contributed by atoms with Gasteiger partial charge in [-0.05, 0) is 26.7 Å². The Morgan fingerprint density at radius 1 is 1.38 bits per heavy atom. The van der Waals surface area contributed by atoms with Crippen LogP contribution in [0.5, 0.6) is 0 Å². The van der Waals surface area contributed by atoms with E-state index in [1.165, 1.54) is 6.92 Å². The standard InChI is InChI=1S/C10H17ClN2O3/c1-7(11)8(14)12-9(15)13-10(2)3-5-16-6-4-10/h7H,3-6H2,1-2H3,(H2,12,13,14,15). The van der Waals surface area contributed by atoms with Gasteiger partial charge in [-0.15, -0.1) is 11.6 Å². The predicted octanol–water partition coefficient (Wildman–Crippen LogP) is 1.01. The van der Waals surface area contributed by atoms with Crippen LogP contribution in [0.3, 0.4) is 0 Å². The van der Waals surface area contributed by atoms with E-state index < -0.39 is 17.3 Å². The Balaban J connectivity index is 2.41. The van der Waals surface area contributed by atoms with Crippen LogP contribution < -0.4 is 10.6 Å². The van der Waals surface area contributed by atoms with E-state index in [0.717, 1.165) is 12.8 Å². The van der Waals surface area contributed by atoms with Crippen LogP contribution in [0.4, 0.5) is 4.79 Å². The summed E-state index contributed by atoms with van der Waals surface area (Å²) in [6.07, 6.45) is 1.48. The molecule has 1 aliphatic rings. The van der Waals surface area contributed by atoms with Crippen LogP contribution in [0, 0.1) is 0 Å². The fourth-order valence-electron chi connectivity index (χ4n) is 1.46. The molecule has 0 bridgehead atoms. The number of urea groups is 1. The van der Waals surface area contributed by atoms with Crippen molar-refractivity contribution in [3.63, 3.8) is 0 Å². The molecule has 0 spiro atoms. The highest BCUT2D eigenvalue weighted by Gasteiger charge is 2.29. The fraction of sp³-hybridized carbons (Fsp3) is 0.800. The molecule has 0 aromatic carbocycles. The van der Waals surface area contributed by atoms with Gasteiger partial charge in [0.05, 0.1) is 0 Å². The lowest BCUT2D eigenvalue weighted by atomic mass is 9.93. The minimum atomic E-state index is -0.715. The summed E-state index contributed by atoms with van der Waals surface area (Å²) in [6, 6.07) is -0.498. The molecule has 5 nitrogen and oxygen atoms in total. The molecule has 1 fully saturated rings. The van der Waals surface area contributed by atoms with Crippen LogP contribution >= 0.6 is 11.6 Å². The second-order valence-electron chi connectivity index (χ2n) is 4.23. The van der Waals surface area contributed by atoms with Gasteiger partial charge < -0.3 is 10.1 Å². The van der Waals surface area contributed by atoms with Crippen LogP contribution in [0.25, 0.3) is 0 Å². The van der Waals surface area contributed by atoms with Gasteiger partial charge >= 0.3 is 6.03 Å². The first-order valence-electron chi connectivity index (χ1n) is 5.28. The van der Waals surface area contributed by atoms with Gasteiger partial charge in [0, 0.05) is 18.8 Å². The number of halogens is 1. The second kappa shape index (κ2) is 5.50. The Hall–Kier alpha value is -0.810. The number of ether oxygens (including phenoxy) is 1. The average molecular weight is 249 g/mol. The first-order chi connectivity index (χ1) is 7.43. The van der Waals surface area contributed by atoms with Crippen molar-refractivity contribution in [2.24, 2.45) is 0 Å². The highest BCUT2D eigenvalue weighted by Crippen LogP contribution is 2.19. The van der Waals surface area contributed by atoms with Crippen LogP contribution in [0.1, 0.15) is 26.7 Å². The van der Waals surface area contributed by atoms with Gasteiger partial charge in [0.1, 0.15) is 5.38 Å². The summed E-state index contributed by atoms with van der Waals surface area (Å²) in [7, 11) is 0. The lowest BCUT2D eigenvalue weighted by Gasteiger charge is -2.34. The van der Waals surface area contributed by atoms with Crippen molar-refractivity contribution in [1.29, 1.82) is 0 Å². The van der Waals surface area contributed by atoms with Gasteiger partial charge in [0.15, 0.2) is 0 Å². The van der Waals surface area contributed by atoms with Crippen LogP contribution in [-0.4, -0.2) is 36.1 Å². The molecule has 1 rings (SSSR count). The zero-order valence-corrected chi connectivity index (χ0v) is 10.3. The van der Waals surface area contributed by atoms with Crippen molar-refractivity contribution >= 4 is 23.5 Å². The number of rotatable bonds is 2. The van der Waals surface area contributed by atoms with Crippen molar-refractivity contribution in [1.82, 2.24) is 10.6 Å². The molecule has 0 aromatic heterocycles. The molecular weight excluding hydrogens is 232 g/mol. The van der Waals surface area contributed by atoms with E-state index >= 15 is 0 Å². The maximum absolute atomic E-state index is 11.5. The van der Waals surface area contributed by atoms with E-state index in [-0.39, 0.29) is 5.54 Å². The van der Waals surface area contributed by atoms with E-state index in [4.69, 9.17) is 16.3 Å². The number of imide groups is 1. The summed E-state index contributed by atoms with van der Waals surface area (Å²) in [6.45, 7) is 4.69. The van der Waals surface area contributed by atoms with Crippen molar-refractivity contribution in [2.75, 3.05) is 13.2 Å². The monoisotopic (exact) mass is 248 g/mol. The Bertz CT molecular complexity index is 275. The quantitative estimate of drug-likeness (QED) is 0.717. The number of carbonyl (C=O) groups is 2. The molecule has 1 aliphatic heterocycles. The molecule has 6 heteroatoms. The third-order valence-corrected chi connectivity index (χ3v) is 2.81. The van der Waals surface area contributed by atoms with Crippen LogP contribution in [-0.2, 0) is 9.53 Å². The van der Waals surface area contributed by atoms with E-state index in [1.807, 2.05) is 6.92 Å². The van der Waals surface area contributed by atoms with Gasteiger partial charge in [-0.3, -0.25) is 10.1 Å². The summed E-state index contributed by atoms with van der Waals surface area (Å²) in [5, 5.41) is 4.25. The Kier molecular flexibility index (Phi) is 4.56. The predicted molar refractivity (Wildman–Crippen MR) is 60.4 cm³/mol. The molecule has 1 atom stereocenters. The van der Waals surface area contributed by atoms with E-state index in [9.17, 15) is 9.59 Å². The van der Waals surface area contributed by atoms with Gasteiger partial charge in [-0.25, -0.2) is 4.79 Å². The number of nitrogens with one attached hydrogen (secondary N) is 2. The first-order valence-corrected chi connectivity index (χ1v) is 5.71. The van der Waals surface area contributed by atoms with E-state index in [1.54, 1.807) is 0 Å². The Labute approximate surface area is 99.9 Å². The second-order valence-corrected chi connectivity index (χ2v) is 4.89. The van der Waals surface area contributed by atoms with Gasteiger partial charge in [0.2, 0.25) is 5.91 Å². The zero-order valence-electron chi connectivity index (χ0n) is 9.51. The lowest BCUT2D eigenvalue weighted by Crippen LogP contribution is -2.54. The van der Waals surface area contributed by atoms with E-state index in [2.05, 4.69) is 10.6 Å². The number of carbonyl (C=O) groups excluding carboxylic acids is 2. The van der Waals surface area contributed by atoms with E-state index in [0.29, 0.717) is 13.2 Å². The maximum Gasteiger partial charge on any atom is 0.321 e. The molecule has 0 radical (unpaired) electrons. The molecule has 2 N–H and O–H groups in total. The molecule has 0 saturated carbocycles. The first kappa shape index (κ1) is 13.3. The minimum absolute atomic E-state index is 0.307. The van der Waals surface area contributed by atoms with Crippen LogP contribution in [0.15, 0.2) is 0 Å². The third kappa shape index (κ3) is 3.98. The van der Waals surface area contributed by atoms with Crippen molar-refractivity contribution in [3.05, 3.63) is 0 Å². The molecule has 1 saturated heterocycles. The molecule has 0 aliphatic carbocycles. The van der Waals surface area contributed by atoms with Crippen molar-refractivity contribution < 1.29 is 14.3 Å². The normalized spacial score (nSPS) is 20.9. The average Bonchev–Trinajstić information content (AvgIpc) is 2.17. The highest BCUT2D eigenvalue weighted by atomic mass is 35.5. The van der Waals surface area contributed by atoms with Gasteiger partial charge in [-0.2, -0.15) is 0 Å². The van der Waals surface area contributed by atoms with Crippen molar-refractivity contribution in [2.45, 2.75) is 37.6 Å². The minimum Gasteiger partial charge on any atom is -0.381 e. The Morgan fingerprint density at radius 2 is 1.94 bits per heavy atom. The zero-order chi connectivity index (χ0) is 12.2. The molecule has 92 valence electrons. The largest absolute Gasteiger partial charge is 0.381 e. The number of hydrogen-bond acceptors (Lipinski definition) is 3. The smallest absolute Gasteiger partial charge is 0.321 e. The van der Waals surface area contributed by atoms with Crippen LogP contribution in [0.2, 0.25) is 0 Å². The lowest BCUT2D eigenvalue weighted by molar-refractivity contribution is -0.119. The van der Waals surface area contributed by atoms with Gasteiger partial charge in [0.25, 0.3) is 0 Å².